The number of hydrogen-bond acceptors (Lipinski definition) is 7. The van der Waals surface area contributed by atoms with Crippen LogP contribution in [-0.2, 0) is 17.6 Å². The molecule has 7 nitrogen and oxygen atoms in total. The number of hydrogen-bond donors (Lipinski definition) is 2. The Kier molecular flexibility index (Phi) is 9.47. The summed E-state index contributed by atoms with van der Waals surface area (Å²) < 4.78 is 27.7. The fourth-order valence-corrected chi connectivity index (χ4v) is 4.49. The van der Waals surface area contributed by atoms with Crippen LogP contribution in [0.15, 0.2) is 73.1 Å². The lowest BCUT2D eigenvalue weighted by Crippen LogP contribution is -2.25. The van der Waals surface area contributed by atoms with Crippen molar-refractivity contribution in [3.63, 3.8) is 0 Å². The van der Waals surface area contributed by atoms with Crippen molar-refractivity contribution in [3.8, 4) is 0 Å². The molecule has 9 heteroatoms. The van der Waals surface area contributed by atoms with Crippen LogP contribution in [0.4, 0.5) is 20.7 Å². The van der Waals surface area contributed by atoms with Gasteiger partial charge in [0.25, 0.3) is 0 Å². The van der Waals surface area contributed by atoms with E-state index in [0.717, 1.165) is 0 Å². The lowest BCUT2D eigenvalue weighted by atomic mass is 9.79. The smallest absolute Gasteiger partial charge is 0.223 e. The molecule has 4 rings (SSSR count). The molecule has 0 saturated heterocycles. The molecule has 2 unspecified atom stereocenters. The maximum Gasteiger partial charge on any atom is 0.223 e. The summed E-state index contributed by atoms with van der Waals surface area (Å²) in [7, 11) is 0. The van der Waals surface area contributed by atoms with Crippen LogP contribution in [0.25, 0.3) is 0 Å². The number of anilines is 2. The molecule has 0 saturated carbocycles. The molecule has 0 amide bonds. The number of aromatic nitrogens is 4. The van der Waals surface area contributed by atoms with Gasteiger partial charge >= 0.3 is 0 Å². The second-order valence-electron chi connectivity index (χ2n) is 10.4. The minimum Gasteiger partial charge on any atom is -0.352 e. The third-order valence-electron chi connectivity index (χ3n) is 6.32. The molecule has 0 aliphatic heterocycles. The van der Waals surface area contributed by atoms with Crippen molar-refractivity contribution in [2.45, 2.75) is 64.5 Å². The largest absolute Gasteiger partial charge is 0.352 e. The van der Waals surface area contributed by atoms with Gasteiger partial charge in [-0.15, -0.1) is 0 Å². The number of nitrogens with zero attached hydrogens (tertiary/aromatic N) is 4. The van der Waals surface area contributed by atoms with Gasteiger partial charge in [0.05, 0.1) is 0 Å². The van der Waals surface area contributed by atoms with Crippen LogP contribution in [0, 0.1) is 11.6 Å². The highest BCUT2D eigenvalue weighted by atomic mass is 19.1. The van der Waals surface area contributed by atoms with Gasteiger partial charge in [0.2, 0.25) is 11.9 Å². The van der Waals surface area contributed by atoms with Gasteiger partial charge in [0, 0.05) is 60.5 Å². The van der Waals surface area contributed by atoms with Crippen LogP contribution in [-0.4, -0.2) is 37.8 Å². The van der Waals surface area contributed by atoms with Gasteiger partial charge in [-0.05, 0) is 75.2 Å². The first kappa shape index (κ1) is 28.7. The Morgan fingerprint density at radius 3 is 1.38 bits per heavy atom. The predicted octanol–water partition coefficient (Wildman–Crippen LogP) is 6.11. The van der Waals surface area contributed by atoms with E-state index >= 15 is 0 Å². The number of carbonyl (C=O) groups excluding carboxylic acids is 1. The van der Waals surface area contributed by atoms with Crippen LogP contribution in [0.5, 0.6) is 0 Å². The van der Waals surface area contributed by atoms with E-state index in [1.54, 1.807) is 48.8 Å². The number of carbonyl (C=O) groups is 1. The van der Waals surface area contributed by atoms with Crippen LogP contribution in [0.3, 0.4) is 0 Å². The van der Waals surface area contributed by atoms with E-state index < -0.39 is 11.8 Å². The van der Waals surface area contributed by atoms with Crippen LogP contribution in [0.1, 0.15) is 62.0 Å². The molecule has 40 heavy (non-hydrogen) atoms. The van der Waals surface area contributed by atoms with E-state index in [2.05, 4.69) is 30.6 Å². The maximum atomic E-state index is 14.4. The molecule has 0 aliphatic carbocycles. The molecule has 4 aromatic rings. The summed E-state index contributed by atoms with van der Waals surface area (Å²) in [6.07, 6.45) is 3.87. The van der Waals surface area contributed by atoms with Crippen molar-refractivity contribution in [2.24, 2.45) is 0 Å². The van der Waals surface area contributed by atoms with Crippen molar-refractivity contribution in [1.29, 1.82) is 0 Å². The zero-order valence-corrected chi connectivity index (χ0v) is 23.1. The molecule has 2 atom stereocenters. The first-order chi connectivity index (χ1) is 19.2. The van der Waals surface area contributed by atoms with E-state index in [0.29, 0.717) is 34.4 Å². The average molecular weight is 545 g/mol. The minimum atomic E-state index is -0.646. The Morgan fingerprint density at radius 2 is 1.02 bits per heavy atom. The number of benzene rings is 2. The monoisotopic (exact) mass is 544 g/mol. The second-order valence-corrected chi connectivity index (χ2v) is 10.4. The van der Waals surface area contributed by atoms with E-state index in [1.807, 2.05) is 27.7 Å². The van der Waals surface area contributed by atoms with Gasteiger partial charge in [0.1, 0.15) is 17.4 Å². The van der Waals surface area contributed by atoms with Gasteiger partial charge in [-0.3, -0.25) is 4.79 Å². The summed E-state index contributed by atoms with van der Waals surface area (Å²) >= 11 is 0. The fraction of sp³-hybridized carbons (Fsp3) is 0.323. The Morgan fingerprint density at radius 1 is 0.650 bits per heavy atom. The van der Waals surface area contributed by atoms with Crippen LogP contribution in [0.2, 0.25) is 0 Å². The molecule has 0 fully saturated rings. The van der Waals surface area contributed by atoms with E-state index in [9.17, 15) is 13.6 Å². The van der Waals surface area contributed by atoms with E-state index in [-0.39, 0.29) is 42.3 Å². The standard InChI is InChI=1S/C31H34F2N6O/c1-19(2)36-30-34-15-13-25(38-30)17-27(21-5-9-23(32)10-6-21)29(40)28(22-7-11-24(33)12-8-22)18-26-14-16-35-31(39-26)37-20(3)4/h5-16,19-20,27-28H,17-18H2,1-4H3,(H,34,36,38)(H,35,37,39). The molecule has 2 N–H and O–H groups in total. The third-order valence-corrected chi connectivity index (χ3v) is 6.32. The lowest BCUT2D eigenvalue weighted by Gasteiger charge is -2.24. The predicted molar refractivity (Wildman–Crippen MR) is 152 cm³/mol. The lowest BCUT2D eigenvalue weighted by molar-refractivity contribution is -0.122. The molecule has 0 spiro atoms. The Balaban J connectivity index is 1.73. The van der Waals surface area contributed by atoms with Gasteiger partial charge in [0.15, 0.2) is 0 Å². The quantitative estimate of drug-likeness (QED) is 0.222. The molecular weight excluding hydrogens is 510 g/mol. The number of halogens is 2. The van der Waals surface area contributed by atoms with E-state index in [4.69, 9.17) is 0 Å². The van der Waals surface area contributed by atoms with Crippen molar-refractivity contribution in [2.75, 3.05) is 10.6 Å². The topological polar surface area (TPSA) is 92.7 Å². The molecule has 0 bridgehead atoms. The van der Waals surface area contributed by atoms with Crippen molar-refractivity contribution in [1.82, 2.24) is 19.9 Å². The number of nitrogens with one attached hydrogen (secondary N) is 2. The highest BCUT2D eigenvalue weighted by molar-refractivity contribution is 5.92. The van der Waals surface area contributed by atoms with Gasteiger partial charge in [-0.1, -0.05) is 24.3 Å². The Labute approximate surface area is 233 Å². The fourth-order valence-electron chi connectivity index (χ4n) is 4.49. The number of rotatable bonds is 12. The summed E-state index contributed by atoms with van der Waals surface area (Å²) in [6.45, 7) is 7.96. The van der Waals surface area contributed by atoms with E-state index in [1.165, 1.54) is 24.3 Å². The SMILES string of the molecule is CC(C)Nc1nccc(CC(C(=O)C(Cc2ccnc(NC(C)C)n2)c2ccc(F)cc2)c2ccc(F)cc2)n1. The van der Waals surface area contributed by atoms with Crippen molar-refractivity contribution >= 4 is 17.7 Å². The second kappa shape index (κ2) is 13.2. The average Bonchev–Trinajstić information content (AvgIpc) is 2.91. The minimum absolute atomic E-state index is 0.104. The Bertz CT molecular complexity index is 1300. The van der Waals surface area contributed by atoms with Crippen molar-refractivity contribution < 1.29 is 13.6 Å². The maximum absolute atomic E-state index is 14.4. The molecular formula is C31H34F2N6O. The highest BCUT2D eigenvalue weighted by Gasteiger charge is 2.31. The van der Waals surface area contributed by atoms with Gasteiger partial charge in [-0.2, -0.15) is 0 Å². The first-order valence-corrected chi connectivity index (χ1v) is 13.4. The normalized spacial score (nSPS) is 12.8. The van der Waals surface area contributed by atoms with Crippen LogP contribution < -0.4 is 10.6 Å². The zero-order valence-electron chi connectivity index (χ0n) is 23.1. The summed E-state index contributed by atoms with van der Waals surface area (Å²) in [4.78, 5) is 32.2. The zero-order chi connectivity index (χ0) is 28.6. The first-order valence-electron chi connectivity index (χ1n) is 13.4. The Hall–Kier alpha value is -4.27. The molecule has 2 heterocycles. The van der Waals surface area contributed by atoms with Crippen molar-refractivity contribution in [3.05, 3.63) is 107 Å². The number of Topliss-reactive ketones (excluding diaryl/α,β-unsaturated/α-hetero) is 1. The molecule has 0 radical (unpaired) electrons. The summed E-state index contributed by atoms with van der Waals surface area (Å²) in [5, 5.41) is 6.38. The van der Waals surface area contributed by atoms with Gasteiger partial charge in [-0.25, -0.2) is 28.7 Å². The summed E-state index contributed by atoms with van der Waals surface area (Å²) in [6, 6.07) is 15.7. The molecule has 0 aliphatic rings. The van der Waals surface area contributed by atoms with Crippen LogP contribution >= 0.6 is 0 Å². The summed E-state index contributed by atoms with van der Waals surface area (Å²) in [5.74, 6) is -1.23. The molecule has 208 valence electrons. The van der Waals surface area contributed by atoms with Gasteiger partial charge < -0.3 is 10.6 Å². The molecule has 2 aromatic heterocycles. The third kappa shape index (κ3) is 7.88. The molecule has 2 aromatic carbocycles. The highest BCUT2D eigenvalue weighted by Crippen LogP contribution is 2.32. The summed E-state index contributed by atoms with van der Waals surface area (Å²) in [5.41, 5.74) is 2.67. The number of ketones is 1.